The molecule has 0 aliphatic carbocycles. The van der Waals surface area contributed by atoms with E-state index in [0.717, 1.165) is 6.54 Å². The third-order valence-electron chi connectivity index (χ3n) is 2.10. The van der Waals surface area contributed by atoms with Gasteiger partial charge in [-0.25, -0.2) is 0 Å². The molecule has 0 aromatic carbocycles. The van der Waals surface area contributed by atoms with E-state index in [2.05, 4.69) is 4.90 Å². The molecule has 0 amide bonds. The van der Waals surface area contributed by atoms with Crippen LogP contribution in [-0.4, -0.2) is 48.5 Å². The van der Waals surface area contributed by atoms with Crippen LogP contribution in [0.5, 0.6) is 0 Å². The van der Waals surface area contributed by atoms with Gasteiger partial charge in [-0.2, -0.15) is 0 Å². The Bertz CT molecular complexity index is 211. The van der Waals surface area contributed by atoms with Gasteiger partial charge in [0, 0.05) is 30.2 Å². The van der Waals surface area contributed by atoms with E-state index < -0.39 is 0 Å². The van der Waals surface area contributed by atoms with Gasteiger partial charge in [-0.05, 0) is 6.92 Å². The molecule has 82 valence electrons. The highest BCUT2D eigenvalue weighted by molar-refractivity contribution is 6.36. The average molecular weight is 240 g/mol. The van der Waals surface area contributed by atoms with Crippen LogP contribution in [-0.2, 0) is 4.74 Å². The summed E-state index contributed by atoms with van der Waals surface area (Å²) >= 11 is 11.3. The molecule has 1 rings (SSSR count). The molecule has 1 aliphatic rings. The molecule has 0 aromatic heterocycles. The predicted octanol–water partition coefficient (Wildman–Crippen LogP) is 1.39. The summed E-state index contributed by atoms with van der Waals surface area (Å²) in [5.41, 5.74) is 1.37. The summed E-state index contributed by atoms with van der Waals surface area (Å²) in [6.07, 6.45) is 0.0132. The van der Waals surface area contributed by atoms with Gasteiger partial charge >= 0.3 is 0 Å². The highest BCUT2D eigenvalue weighted by atomic mass is 35.5. The number of ether oxygens (including phenoxy) is 1. The highest BCUT2D eigenvalue weighted by Crippen LogP contribution is 2.14. The molecule has 0 radical (unpaired) electrons. The first-order valence-electron chi connectivity index (χ1n) is 4.59. The van der Waals surface area contributed by atoms with Crippen molar-refractivity contribution in [2.24, 2.45) is 0 Å². The number of halogens is 2. The lowest BCUT2D eigenvalue weighted by Gasteiger charge is -2.35. The maximum absolute atomic E-state index is 8.99. The van der Waals surface area contributed by atoms with Crippen LogP contribution in [0, 0.1) is 0 Å². The van der Waals surface area contributed by atoms with Crippen LogP contribution in [0.1, 0.15) is 6.92 Å². The number of morpholine rings is 1. The molecule has 0 aromatic rings. The largest absolute Gasteiger partial charge is 0.394 e. The number of hydrogen-bond donors (Lipinski definition) is 1. The van der Waals surface area contributed by atoms with Crippen LogP contribution in [0.15, 0.2) is 10.6 Å². The van der Waals surface area contributed by atoms with Gasteiger partial charge in [0.25, 0.3) is 0 Å². The number of nitrogens with zero attached hydrogens (tertiary/aromatic N) is 1. The van der Waals surface area contributed by atoms with Crippen LogP contribution in [0.25, 0.3) is 0 Å². The van der Waals surface area contributed by atoms with Crippen molar-refractivity contribution in [1.82, 2.24) is 4.90 Å². The summed E-state index contributed by atoms with van der Waals surface area (Å²) in [5.74, 6) is 0. The van der Waals surface area contributed by atoms with Gasteiger partial charge < -0.3 is 9.84 Å². The van der Waals surface area contributed by atoms with Gasteiger partial charge in [0.1, 0.15) is 0 Å². The van der Waals surface area contributed by atoms with E-state index in [1.54, 1.807) is 0 Å². The standard InChI is InChI=1S/C9H15Cl2NO2/c1-7-3-12(4-8(11)2-10)5-9(6-13)14-7/h2,7,9,13H,3-6H2,1H3. The molecular weight excluding hydrogens is 225 g/mol. The molecule has 3 nitrogen and oxygen atoms in total. The van der Waals surface area contributed by atoms with Crippen molar-refractivity contribution in [3.63, 3.8) is 0 Å². The SMILES string of the molecule is CC1CN(CC(Cl)=CCl)CC(CO)O1. The number of aliphatic hydroxyl groups excluding tert-OH is 1. The summed E-state index contributed by atoms with van der Waals surface area (Å²) in [4.78, 5) is 2.12. The van der Waals surface area contributed by atoms with Crippen molar-refractivity contribution < 1.29 is 9.84 Å². The fourth-order valence-corrected chi connectivity index (χ4v) is 1.86. The zero-order chi connectivity index (χ0) is 10.6. The Morgan fingerprint density at radius 1 is 1.64 bits per heavy atom. The Hall–Kier alpha value is 0.200. The van der Waals surface area contributed by atoms with Crippen LogP contribution in [0.4, 0.5) is 0 Å². The fraction of sp³-hybridized carbons (Fsp3) is 0.778. The molecule has 0 spiro atoms. The second-order valence-electron chi connectivity index (χ2n) is 3.50. The second kappa shape index (κ2) is 5.93. The van der Waals surface area contributed by atoms with E-state index in [0.29, 0.717) is 18.1 Å². The summed E-state index contributed by atoms with van der Waals surface area (Å²) in [6.45, 7) is 4.16. The zero-order valence-electron chi connectivity index (χ0n) is 8.12. The van der Waals surface area contributed by atoms with E-state index in [9.17, 15) is 0 Å². The number of hydrogen-bond acceptors (Lipinski definition) is 3. The van der Waals surface area contributed by atoms with Crippen molar-refractivity contribution in [3.8, 4) is 0 Å². The van der Waals surface area contributed by atoms with E-state index in [-0.39, 0.29) is 18.8 Å². The fourth-order valence-electron chi connectivity index (χ4n) is 1.62. The first kappa shape index (κ1) is 12.3. The minimum atomic E-state index is -0.112. The van der Waals surface area contributed by atoms with E-state index in [1.807, 2.05) is 6.92 Å². The summed E-state index contributed by atoms with van der Waals surface area (Å²) in [7, 11) is 0. The normalized spacial score (nSPS) is 30.7. The van der Waals surface area contributed by atoms with Crippen molar-refractivity contribution in [2.45, 2.75) is 19.1 Å². The molecule has 1 saturated heterocycles. The molecule has 0 bridgehead atoms. The molecule has 1 N–H and O–H groups in total. The topological polar surface area (TPSA) is 32.7 Å². The number of rotatable bonds is 3. The lowest BCUT2D eigenvalue weighted by atomic mass is 10.2. The Morgan fingerprint density at radius 3 is 2.93 bits per heavy atom. The van der Waals surface area contributed by atoms with Crippen molar-refractivity contribution >= 4 is 23.2 Å². The smallest absolute Gasteiger partial charge is 0.0936 e. The second-order valence-corrected chi connectivity index (χ2v) is 4.21. The summed E-state index contributed by atoms with van der Waals surface area (Å²) in [6, 6.07) is 0. The van der Waals surface area contributed by atoms with Crippen LogP contribution in [0.3, 0.4) is 0 Å². The monoisotopic (exact) mass is 239 g/mol. The van der Waals surface area contributed by atoms with Crippen molar-refractivity contribution in [3.05, 3.63) is 10.6 Å². The first-order chi connectivity index (χ1) is 6.65. The third kappa shape index (κ3) is 3.75. The van der Waals surface area contributed by atoms with Gasteiger partial charge in [-0.3, -0.25) is 4.90 Å². The van der Waals surface area contributed by atoms with Crippen LogP contribution < -0.4 is 0 Å². The van der Waals surface area contributed by atoms with E-state index >= 15 is 0 Å². The average Bonchev–Trinajstić information content (AvgIpc) is 2.16. The lowest BCUT2D eigenvalue weighted by Crippen LogP contribution is -2.48. The quantitative estimate of drug-likeness (QED) is 0.809. The van der Waals surface area contributed by atoms with E-state index in [4.69, 9.17) is 33.0 Å². The predicted molar refractivity (Wildman–Crippen MR) is 57.6 cm³/mol. The lowest BCUT2D eigenvalue weighted by molar-refractivity contribution is -0.0925. The molecule has 1 heterocycles. The van der Waals surface area contributed by atoms with Gasteiger partial charge in [0.2, 0.25) is 0 Å². The van der Waals surface area contributed by atoms with Gasteiger partial charge in [-0.1, -0.05) is 23.2 Å². The Balaban J connectivity index is 2.45. The minimum Gasteiger partial charge on any atom is -0.394 e. The molecule has 1 aliphatic heterocycles. The van der Waals surface area contributed by atoms with E-state index in [1.165, 1.54) is 5.54 Å². The molecule has 14 heavy (non-hydrogen) atoms. The highest BCUT2D eigenvalue weighted by Gasteiger charge is 2.24. The number of aliphatic hydroxyl groups is 1. The Morgan fingerprint density at radius 2 is 2.36 bits per heavy atom. The Kier molecular flexibility index (Phi) is 5.20. The molecule has 2 unspecified atom stereocenters. The van der Waals surface area contributed by atoms with Crippen molar-refractivity contribution in [2.75, 3.05) is 26.2 Å². The molecule has 2 atom stereocenters. The van der Waals surface area contributed by atoms with Crippen molar-refractivity contribution in [1.29, 1.82) is 0 Å². The summed E-state index contributed by atoms with van der Waals surface area (Å²) < 4.78 is 5.49. The maximum atomic E-state index is 8.99. The van der Waals surface area contributed by atoms with Crippen LogP contribution >= 0.6 is 23.2 Å². The third-order valence-corrected chi connectivity index (χ3v) is 2.70. The molecule has 5 heteroatoms. The molecular formula is C9H15Cl2NO2. The molecule has 0 saturated carbocycles. The van der Waals surface area contributed by atoms with Gasteiger partial charge in [0.15, 0.2) is 0 Å². The Labute approximate surface area is 94.2 Å². The molecule has 1 fully saturated rings. The van der Waals surface area contributed by atoms with Crippen LogP contribution in [0.2, 0.25) is 0 Å². The summed E-state index contributed by atoms with van der Waals surface area (Å²) in [5, 5.41) is 9.60. The van der Waals surface area contributed by atoms with Gasteiger partial charge in [-0.15, -0.1) is 0 Å². The minimum absolute atomic E-state index is 0.0447. The maximum Gasteiger partial charge on any atom is 0.0936 e. The zero-order valence-corrected chi connectivity index (χ0v) is 9.63. The van der Waals surface area contributed by atoms with Gasteiger partial charge in [0.05, 0.1) is 18.8 Å². The first-order valence-corrected chi connectivity index (χ1v) is 5.40.